The maximum Gasteiger partial charge on any atom is 0.101 e. The molecule has 2 unspecified atom stereocenters. The van der Waals surface area contributed by atoms with E-state index >= 15 is 0 Å². The highest BCUT2D eigenvalue weighted by Gasteiger charge is 2.26. The van der Waals surface area contributed by atoms with E-state index in [9.17, 15) is 5.11 Å². The SMILES string of the molecule is N#Cc1cc(NCC2CCCC2CO)ccc1N. The number of aliphatic hydroxyl groups excluding tert-OH is 1. The molecule has 0 amide bonds. The molecule has 1 aromatic carbocycles. The number of rotatable bonds is 4. The maximum absolute atomic E-state index is 9.26. The van der Waals surface area contributed by atoms with Gasteiger partial charge in [-0.3, -0.25) is 0 Å². The predicted octanol–water partition coefficient (Wildman–Crippen LogP) is 1.96. The van der Waals surface area contributed by atoms with Crippen LogP contribution in [0, 0.1) is 23.2 Å². The Morgan fingerprint density at radius 2 is 2.17 bits per heavy atom. The van der Waals surface area contributed by atoms with E-state index < -0.39 is 0 Å². The summed E-state index contributed by atoms with van der Waals surface area (Å²) < 4.78 is 0. The standard InChI is InChI=1S/C14H19N3O/c15-7-12-6-13(4-5-14(12)16)17-8-10-2-1-3-11(10)9-18/h4-6,10-11,17-18H,1-3,8-9,16H2. The Morgan fingerprint density at radius 3 is 2.89 bits per heavy atom. The van der Waals surface area contributed by atoms with Crippen molar-refractivity contribution in [3.8, 4) is 6.07 Å². The van der Waals surface area contributed by atoms with Gasteiger partial charge in [0.05, 0.1) is 5.56 Å². The van der Waals surface area contributed by atoms with Crippen LogP contribution in [0.3, 0.4) is 0 Å². The lowest BCUT2D eigenvalue weighted by atomic mass is 9.97. The van der Waals surface area contributed by atoms with Gasteiger partial charge in [0.25, 0.3) is 0 Å². The molecule has 1 aliphatic rings. The minimum Gasteiger partial charge on any atom is -0.398 e. The van der Waals surface area contributed by atoms with E-state index in [1.54, 1.807) is 12.1 Å². The van der Waals surface area contributed by atoms with Gasteiger partial charge in [-0.05, 0) is 42.9 Å². The molecule has 4 nitrogen and oxygen atoms in total. The third kappa shape index (κ3) is 2.74. The van der Waals surface area contributed by atoms with Crippen LogP contribution in [0.5, 0.6) is 0 Å². The largest absolute Gasteiger partial charge is 0.398 e. The molecule has 4 N–H and O–H groups in total. The van der Waals surface area contributed by atoms with E-state index in [2.05, 4.69) is 11.4 Å². The predicted molar refractivity (Wildman–Crippen MR) is 72.0 cm³/mol. The summed E-state index contributed by atoms with van der Waals surface area (Å²) in [6.07, 6.45) is 3.48. The Bertz CT molecular complexity index is 453. The molecule has 0 spiro atoms. The Labute approximate surface area is 107 Å². The van der Waals surface area contributed by atoms with Gasteiger partial charge in [0.2, 0.25) is 0 Å². The number of nitrogen functional groups attached to an aromatic ring is 1. The van der Waals surface area contributed by atoms with Crippen LogP contribution in [0.2, 0.25) is 0 Å². The zero-order valence-electron chi connectivity index (χ0n) is 10.4. The molecule has 96 valence electrons. The minimum absolute atomic E-state index is 0.275. The maximum atomic E-state index is 9.26. The van der Waals surface area contributed by atoms with Gasteiger partial charge in [-0.15, -0.1) is 0 Å². The normalized spacial score (nSPS) is 22.7. The van der Waals surface area contributed by atoms with Crippen LogP contribution in [0.15, 0.2) is 18.2 Å². The molecule has 0 bridgehead atoms. The van der Waals surface area contributed by atoms with Crippen molar-refractivity contribution in [2.24, 2.45) is 11.8 Å². The molecule has 1 fully saturated rings. The van der Waals surface area contributed by atoms with E-state index in [0.29, 0.717) is 23.1 Å². The fourth-order valence-electron chi connectivity index (χ4n) is 2.63. The monoisotopic (exact) mass is 245 g/mol. The molecule has 0 saturated heterocycles. The summed E-state index contributed by atoms with van der Waals surface area (Å²) in [4.78, 5) is 0. The third-order valence-electron chi connectivity index (χ3n) is 3.79. The van der Waals surface area contributed by atoms with Crippen molar-refractivity contribution in [1.82, 2.24) is 0 Å². The summed E-state index contributed by atoms with van der Waals surface area (Å²) in [7, 11) is 0. The van der Waals surface area contributed by atoms with Crippen LogP contribution < -0.4 is 11.1 Å². The minimum atomic E-state index is 0.275. The highest BCUT2D eigenvalue weighted by atomic mass is 16.3. The fourth-order valence-corrected chi connectivity index (χ4v) is 2.63. The van der Waals surface area contributed by atoms with Gasteiger partial charge in [-0.1, -0.05) is 6.42 Å². The van der Waals surface area contributed by atoms with Crippen molar-refractivity contribution in [3.05, 3.63) is 23.8 Å². The number of benzene rings is 1. The first-order valence-corrected chi connectivity index (χ1v) is 6.39. The molecular weight excluding hydrogens is 226 g/mol. The molecule has 1 saturated carbocycles. The van der Waals surface area contributed by atoms with E-state index in [0.717, 1.165) is 25.1 Å². The summed E-state index contributed by atoms with van der Waals surface area (Å²) in [6.45, 7) is 1.12. The highest BCUT2D eigenvalue weighted by Crippen LogP contribution is 2.31. The van der Waals surface area contributed by atoms with E-state index in [-0.39, 0.29) is 6.61 Å². The van der Waals surface area contributed by atoms with Gasteiger partial charge in [0, 0.05) is 24.5 Å². The Balaban J connectivity index is 1.96. The quantitative estimate of drug-likeness (QED) is 0.708. The molecule has 0 heterocycles. The molecule has 0 radical (unpaired) electrons. The number of nitriles is 1. The summed E-state index contributed by atoms with van der Waals surface area (Å²) >= 11 is 0. The Morgan fingerprint density at radius 1 is 1.39 bits per heavy atom. The molecular formula is C14H19N3O. The zero-order chi connectivity index (χ0) is 13.0. The van der Waals surface area contributed by atoms with Gasteiger partial charge in [0.15, 0.2) is 0 Å². The molecule has 0 aliphatic heterocycles. The van der Waals surface area contributed by atoms with Gasteiger partial charge in [0.1, 0.15) is 6.07 Å². The van der Waals surface area contributed by atoms with Crippen molar-refractivity contribution >= 4 is 11.4 Å². The van der Waals surface area contributed by atoms with Gasteiger partial charge in [-0.2, -0.15) is 5.26 Å². The Kier molecular flexibility index (Phi) is 4.06. The van der Waals surface area contributed by atoms with Crippen molar-refractivity contribution in [2.45, 2.75) is 19.3 Å². The van der Waals surface area contributed by atoms with E-state index in [1.807, 2.05) is 6.07 Å². The van der Waals surface area contributed by atoms with Gasteiger partial charge in [-0.25, -0.2) is 0 Å². The van der Waals surface area contributed by atoms with E-state index in [1.165, 1.54) is 6.42 Å². The van der Waals surface area contributed by atoms with Crippen LogP contribution >= 0.6 is 0 Å². The average Bonchev–Trinajstić information content (AvgIpc) is 2.85. The first kappa shape index (κ1) is 12.7. The van der Waals surface area contributed by atoms with Crippen LogP contribution in [-0.4, -0.2) is 18.3 Å². The molecule has 1 aromatic rings. The molecule has 2 atom stereocenters. The number of aliphatic hydroxyl groups is 1. The van der Waals surface area contributed by atoms with Crippen LogP contribution in [0.25, 0.3) is 0 Å². The zero-order valence-corrected chi connectivity index (χ0v) is 10.4. The number of nitrogens with one attached hydrogen (secondary N) is 1. The first-order chi connectivity index (χ1) is 8.74. The molecule has 2 rings (SSSR count). The summed E-state index contributed by atoms with van der Waals surface area (Å²) in [5.41, 5.74) is 7.62. The van der Waals surface area contributed by atoms with Crippen LogP contribution in [0.4, 0.5) is 11.4 Å². The van der Waals surface area contributed by atoms with Crippen molar-refractivity contribution in [1.29, 1.82) is 5.26 Å². The van der Waals surface area contributed by atoms with Crippen molar-refractivity contribution in [2.75, 3.05) is 24.2 Å². The highest BCUT2D eigenvalue weighted by molar-refractivity contribution is 5.61. The second-order valence-electron chi connectivity index (χ2n) is 4.93. The van der Waals surface area contributed by atoms with Crippen LogP contribution in [-0.2, 0) is 0 Å². The molecule has 1 aliphatic carbocycles. The average molecular weight is 245 g/mol. The number of hydrogen-bond donors (Lipinski definition) is 3. The van der Waals surface area contributed by atoms with Crippen molar-refractivity contribution in [3.63, 3.8) is 0 Å². The number of nitrogens with two attached hydrogens (primary N) is 1. The number of nitrogens with zero attached hydrogens (tertiary/aromatic N) is 1. The second kappa shape index (κ2) is 5.74. The lowest BCUT2D eigenvalue weighted by Crippen LogP contribution is -2.20. The van der Waals surface area contributed by atoms with E-state index in [4.69, 9.17) is 11.0 Å². The van der Waals surface area contributed by atoms with Crippen LogP contribution in [0.1, 0.15) is 24.8 Å². The molecule has 0 aromatic heterocycles. The fraction of sp³-hybridized carbons (Fsp3) is 0.500. The lowest BCUT2D eigenvalue weighted by Gasteiger charge is -2.18. The van der Waals surface area contributed by atoms with Gasteiger partial charge >= 0.3 is 0 Å². The Hall–Kier alpha value is -1.73. The third-order valence-corrected chi connectivity index (χ3v) is 3.79. The first-order valence-electron chi connectivity index (χ1n) is 6.39. The molecule has 4 heteroatoms. The summed E-state index contributed by atoms with van der Waals surface area (Å²) in [6, 6.07) is 7.49. The lowest BCUT2D eigenvalue weighted by molar-refractivity contribution is 0.199. The second-order valence-corrected chi connectivity index (χ2v) is 4.93. The van der Waals surface area contributed by atoms with Gasteiger partial charge < -0.3 is 16.2 Å². The summed E-state index contributed by atoms with van der Waals surface area (Å²) in [5, 5.41) is 21.5. The smallest absolute Gasteiger partial charge is 0.101 e. The number of hydrogen-bond acceptors (Lipinski definition) is 4. The topological polar surface area (TPSA) is 82.1 Å². The van der Waals surface area contributed by atoms with Crippen molar-refractivity contribution < 1.29 is 5.11 Å². The molecule has 18 heavy (non-hydrogen) atoms. The number of anilines is 2. The summed E-state index contributed by atoms with van der Waals surface area (Å²) in [5.74, 6) is 0.944.